The Morgan fingerprint density at radius 1 is 0.852 bits per heavy atom. The maximum Gasteiger partial charge on any atom is 0.407 e. The molecule has 0 bridgehead atoms. The van der Waals surface area contributed by atoms with Crippen LogP contribution in [-0.4, -0.2) is 6.09 Å². The quantitative estimate of drug-likeness (QED) is 0.439. The van der Waals surface area contributed by atoms with Gasteiger partial charge in [-0.2, -0.15) is 0 Å². The highest BCUT2D eigenvalue weighted by Crippen LogP contribution is 2.29. The van der Waals surface area contributed by atoms with Crippen LogP contribution in [0, 0.1) is 0 Å². The second-order valence-corrected chi connectivity index (χ2v) is 6.79. The molecule has 0 fully saturated rings. The molecule has 0 aromatic heterocycles. The smallest absolute Gasteiger partial charge is 0.407 e. The minimum atomic E-state index is -0.443. The van der Waals surface area contributed by atoms with Crippen molar-refractivity contribution in [1.82, 2.24) is 5.32 Å². The molecule has 4 rings (SSSR count). The summed E-state index contributed by atoms with van der Waals surface area (Å²) in [6, 6.07) is 25.8. The normalized spacial score (nSPS) is 10.9. The summed E-state index contributed by atoms with van der Waals surface area (Å²) in [4.78, 5) is 12.2. The second kappa shape index (κ2) is 7.68. The van der Waals surface area contributed by atoms with E-state index < -0.39 is 6.09 Å². The van der Waals surface area contributed by atoms with Crippen LogP contribution in [0.25, 0.3) is 21.5 Å². The van der Waals surface area contributed by atoms with E-state index >= 15 is 0 Å². The third-order valence-electron chi connectivity index (χ3n) is 4.58. The maximum absolute atomic E-state index is 12.2. The van der Waals surface area contributed by atoms with Gasteiger partial charge in [0.2, 0.25) is 0 Å². The van der Waals surface area contributed by atoms with Crippen LogP contribution in [-0.2, 0) is 17.9 Å². The zero-order valence-corrected chi connectivity index (χ0v) is 15.4. The van der Waals surface area contributed by atoms with Gasteiger partial charge in [-0.3, -0.25) is 0 Å². The fourth-order valence-electron chi connectivity index (χ4n) is 3.23. The molecule has 0 saturated carbocycles. The molecular formula is C23H18ClNO2. The topological polar surface area (TPSA) is 38.3 Å². The SMILES string of the molecule is O=C(NCc1ccc(Cl)cc1)OCc1c2ccccc2cc2ccccc12. The lowest BCUT2D eigenvalue weighted by molar-refractivity contribution is 0.140. The molecule has 1 amide bonds. The second-order valence-electron chi connectivity index (χ2n) is 6.35. The number of carbonyl (C=O) groups excluding carboxylic acids is 1. The van der Waals surface area contributed by atoms with Crippen molar-refractivity contribution in [2.75, 3.05) is 0 Å². The standard InChI is InChI=1S/C23H18ClNO2/c24-19-11-9-16(10-12-19)14-25-23(26)27-15-22-20-7-3-1-5-17(20)13-18-6-2-4-8-21(18)22/h1-13H,14-15H2,(H,25,26). The van der Waals surface area contributed by atoms with Gasteiger partial charge in [-0.25, -0.2) is 4.79 Å². The van der Waals surface area contributed by atoms with Gasteiger partial charge in [-0.15, -0.1) is 0 Å². The van der Waals surface area contributed by atoms with Gasteiger partial charge < -0.3 is 10.1 Å². The van der Waals surface area contributed by atoms with Crippen molar-refractivity contribution >= 4 is 39.2 Å². The summed E-state index contributed by atoms with van der Waals surface area (Å²) >= 11 is 5.88. The third kappa shape index (κ3) is 3.88. The Bertz CT molecular complexity index is 1050. The number of carbonyl (C=O) groups is 1. The van der Waals surface area contributed by atoms with E-state index in [9.17, 15) is 4.79 Å². The van der Waals surface area contributed by atoms with Crippen molar-refractivity contribution in [2.24, 2.45) is 0 Å². The predicted molar refractivity (Wildman–Crippen MR) is 110 cm³/mol. The van der Waals surface area contributed by atoms with Gasteiger partial charge in [0, 0.05) is 17.1 Å². The van der Waals surface area contributed by atoms with Gasteiger partial charge in [0.1, 0.15) is 6.61 Å². The Hall–Kier alpha value is -3.04. The molecule has 4 aromatic carbocycles. The zero-order valence-electron chi connectivity index (χ0n) is 14.6. The highest BCUT2D eigenvalue weighted by Gasteiger charge is 2.10. The molecule has 3 nitrogen and oxygen atoms in total. The molecule has 134 valence electrons. The molecule has 0 aliphatic carbocycles. The first-order valence-electron chi connectivity index (χ1n) is 8.75. The number of rotatable bonds is 4. The fourth-order valence-corrected chi connectivity index (χ4v) is 3.35. The van der Waals surface area contributed by atoms with Crippen LogP contribution in [0.1, 0.15) is 11.1 Å². The average Bonchev–Trinajstić information content (AvgIpc) is 2.70. The van der Waals surface area contributed by atoms with Crippen LogP contribution in [0.15, 0.2) is 78.9 Å². The number of hydrogen-bond donors (Lipinski definition) is 1. The molecule has 0 saturated heterocycles. The van der Waals surface area contributed by atoms with E-state index in [-0.39, 0.29) is 6.61 Å². The first-order chi connectivity index (χ1) is 13.2. The molecule has 4 aromatic rings. The minimum absolute atomic E-state index is 0.217. The highest BCUT2D eigenvalue weighted by atomic mass is 35.5. The fraction of sp³-hybridized carbons (Fsp3) is 0.0870. The molecule has 0 unspecified atom stereocenters. The molecule has 0 aliphatic rings. The molecule has 4 heteroatoms. The van der Waals surface area contributed by atoms with E-state index in [2.05, 4.69) is 35.6 Å². The zero-order chi connectivity index (χ0) is 18.6. The number of fused-ring (bicyclic) bond motifs is 2. The molecule has 27 heavy (non-hydrogen) atoms. The first kappa shape index (κ1) is 17.4. The summed E-state index contributed by atoms with van der Waals surface area (Å²) < 4.78 is 5.51. The van der Waals surface area contributed by atoms with Crippen molar-refractivity contribution in [1.29, 1.82) is 0 Å². The van der Waals surface area contributed by atoms with Crippen molar-refractivity contribution in [3.63, 3.8) is 0 Å². The number of hydrogen-bond acceptors (Lipinski definition) is 2. The van der Waals surface area contributed by atoms with Gasteiger partial charge in [-0.1, -0.05) is 72.3 Å². The monoisotopic (exact) mass is 375 g/mol. The van der Waals surface area contributed by atoms with Gasteiger partial charge in [0.15, 0.2) is 0 Å². The van der Waals surface area contributed by atoms with E-state index in [1.54, 1.807) is 12.1 Å². The summed E-state index contributed by atoms with van der Waals surface area (Å²) in [6.07, 6.45) is -0.443. The molecule has 0 aliphatic heterocycles. The van der Waals surface area contributed by atoms with E-state index in [1.165, 1.54) is 0 Å². The summed E-state index contributed by atoms with van der Waals surface area (Å²) in [5.41, 5.74) is 1.98. The molecule has 1 N–H and O–H groups in total. The van der Waals surface area contributed by atoms with E-state index in [4.69, 9.17) is 16.3 Å². The number of nitrogens with one attached hydrogen (secondary N) is 1. The van der Waals surface area contributed by atoms with Crippen LogP contribution < -0.4 is 5.32 Å². The van der Waals surface area contributed by atoms with Crippen LogP contribution in [0.3, 0.4) is 0 Å². The number of alkyl carbamates (subject to hydrolysis) is 1. The van der Waals surface area contributed by atoms with Crippen LogP contribution in [0.2, 0.25) is 5.02 Å². The number of benzene rings is 4. The van der Waals surface area contributed by atoms with Crippen molar-refractivity contribution in [2.45, 2.75) is 13.2 Å². The van der Waals surface area contributed by atoms with Gasteiger partial charge in [0.25, 0.3) is 0 Å². The van der Waals surface area contributed by atoms with Crippen molar-refractivity contribution < 1.29 is 9.53 Å². The largest absolute Gasteiger partial charge is 0.445 e. The Balaban J connectivity index is 1.52. The van der Waals surface area contributed by atoms with E-state index in [1.807, 2.05) is 36.4 Å². The summed E-state index contributed by atoms with van der Waals surface area (Å²) in [5, 5.41) is 7.92. The molecule has 0 heterocycles. The van der Waals surface area contributed by atoms with Crippen LogP contribution in [0.4, 0.5) is 4.79 Å². The van der Waals surface area contributed by atoms with E-state index in [0.29, 0.717) is 11.6 Å². The Morgan fingerprint density at radius 2 is 1.44 bits per heavy atom. The molecule has 0 atom stereocenters. The summed E-state index contributed by atoms with van der Waals surface area (Å²) in [5.74, 6) is 0. The Kier molecular flexibility index (Phi) is 4.95. The van der Waals surface area contributed by atoms with Crippen LogP contribution in [0.5, 0.6) is 0 Å². The van der Waals surface area contributed by atoms with Crippen LogP contribution >= 0.6 is 11.6 Å². The molecular weight excluding hydrogens is 358 g/mol. The third-order valence-corrected chi connectivity index (χ3v) is 4.83. The molecule has 0 radical (unpaired) electrons. The lowest BCUT2D eigenvalue weighted by Gasteiger charge is -2.13. The lowest BCUT2D eigenvalue weighted by atomic mass is 9.97. The van der Waals surface area contributed by atoms with E-state index in [0.717, 1.165) is 32.7 Å². The highest BCUT2D eigenvalue weighted by molar-refractivity contribution is 6.30. The minimum Gasteiger partial charge on any atom is -0.445 e. The lowest BCUT2D eigenvalue weighted by Crippen LogP contribution is -2.23. The van der Waals surface area contributed by atoms with Gasteiger partial charge >= 0.3 is 6.09 Å². The average molecular weight is 376 g/mol. The van der Waals surface area contributed by atoms with Crippen molar-refractivity contribution in [3.05, 3.63) is 95.0 Å². The van der Waals surface area contributed by atoms with Gasteiger partial charge in [0.05, 0.1) is 0 Å². The molecule has 0 spiro atoms. The summed E-state index contributed by atoms with van der Waals surface area (Å²) in [7, 11) is 0. The number of halogens is 1. The number of amides is 1. The van der Waals surface area contributed by atoms with Crippen molar-refractivity contribution in [3.8, 4) is 0 Å². The Morgan fingerprint density at radius 3 is 2.07 bits per heavy atom. The summed E-state index contributed by atoms with van der Waals surface area (Å²) in [6.45, 7) is 0.612. The Labute approximate surface area is 162 Å². The predicted octanol–water partition coefficient (Wildman–Crippen LogP) is 6.07. The maximum atomic E-state index is 12.2. The van der Waals surface area contributed by atoms with Gasteiger partial charge in [-0.05, 0) is 45.3 Å². The number of ether oxygens (including phenoxy) is 1. The first-order valence-corrected chi connectivity index (χ1v) is 9.13.